The number of carbonyl (C=O) groups is 1. The van der Waals surface area contributed by atoms with Crippen molar-refractivity contribution in [2.24, 2.45) is 5.73 Å². The highest BCUT2D eigenvalue weighted by Crippen LogP contribution is 2.22. The Morgan fingerprint density at radius 2 is 2.00 bits per heavy atom. The molecule has 0 spiro atoms. The summed E-state index contributed by atoms with van der Waals surface area (Å²) in [4.78, 5) is 14.6. The summed E-state index contributed by atoms with van der Waals surface area (Å²) in [7, 11) is 2.12. The smallest absolute Gasteiger partial charge is 0.255 e. The lowest BCUT2D eigenvalue weighted by Gasteiger charge is -2.25. The van der Waals surface area contributed by atoms with Crippen molar-refractivity contribution in [2.75, 3.05) is 25.5 Å². The topological polar surface area (TPSA) is 78.6 Å². The fraction of sp³-hybridized carbons (Fsp3) is 0.350. The Morgan fingerprint density at radius 1 is 1.24 bits per heavy atom. The monoisotopic (exact) mass is 341 g/mol. The molecule has 0 aromatic heterocycles. The number of rotatable bonds is 3. The minimum absolute atomic E-state index is 0.0978. The molecule has 1 aliphatic rings. The standard InChI is InChI=1S/C18H21N3O.C2H6O/c1-21-8-7-14-5-6-17(10-16(14)12-21)20-18(22)15-4-2-3-13(9-15)11-19;1-2-3/h2-6,9-10H,7-8,11-12,19H2,1H3,(H,20,22);3H,2H2,1H3. The molecule has 0 fully saturated rings. The Bertz CT molecular complexity index is 716. The van der Waals surface area contributed by atoms with Crippen molar-refractivity contribution in [2.45, 2.75) is 26.4 Å². The molecule has 0 unspecified atom stereocenters. The van der Waals surface area contributed by atoms with Gasteiger partial charge in [-0.25, -0.2) is 0 Å². The van der Waals surface area contributed by atoms with E-state index in [2.05, 4.69) is 29.4 Å². The maximum absolute atomic E-state index is 12.4. The third kappa shape index (κ3) is 5.39. The van der Waals surface area contributed by atoms with Crippen molar-refractivity contribution in [3.05, 3.63) is 64.7 Å². The molecule has 2 aromatic carbocycles. The lowest BCUT2D eigenvalue weighted by atomic mass is 9.99. The predicted octanol–water partition coefficient (Wildman–Crippen LogP) is 2.38. The van der Waals surface area contributed by atoms with Crippen LogP contribution in [0.15, 0.2) is 42.5 Å². The van der Waals surface area contributed by atoms with Gasteiger partial charge in [-0.3, -0.25) is 4.79 Å². The zero-order valence-corrected chi connectivity index (χ0v) is 15.0. The van der Waals surface area contributed by atoms with Gasteiger partial charge in [-0.05, 0) is 61.3 Å². The molecule has 134 valence electrons. The number of nitrogens with zero attached hydrogens (tertiary/aromatic N) is 1. The number of carbonyl (C=O) groups excluding carboxylic acids is 1. The van der Waals surface area contributed by atoms with Crippen LogP contribution in [0.1, 0.15) is 34.0 Å². The number of likely N-dealkylation sites (N-methyl/N-ethyl adjacent to an activating group) is 1. The lowest BCUT2D eigenvalue weighted by molar-refractivity contribution is 0.102. The van der Waals surface area contributed by atoms with Gasteiger partial charge in [0, 0.05) is 37.5 Å². The van der Waals surface area contributed by atoms with Crippen LogP contribution in [0.2, 0.25) is 0 Å². The molecule has 5 nitrogen and oxygen atoms in total. The van der Waals surface area contributed by atoms with Gasteiger partial charge in [0.2, 0.25) is 0 Å². The summed E-state index contributed by atoms with van der Waals surface area (Å²) in [6.07, 6.45) is 1.07. The number of nitrogens with two attached hydrogens (primary N) is 1. The summed E-state index contributed by atoms with van der Waals surface area (Å²) in [6.45, 7) is 4.39. The van der Waals surface area contributed by atoms with Crippen molar-refractivity contribution in [1.82, 2.24) is 4.90 Å². The minimum Gasteiger partial charge on any atom is -0.397 e. The third-order valence-electron chi connectivity index (χ3n) is 4.09. The SMILES string of the molecule is CCO.CN1CCc2ccc(NC(=O)c3cccc(CN)c3)cc2C1. The third-order valence-corrected chi connectivity index (χ3v) is 4.09. The van der Waals surface area contributed by atoms with E-state index in [0.29, 0.717) is 12.1 Å². The quantitative estimate of drug-likeness (QED) is 0.801. The van der Waals surface area contributed by atoms with E-state index in [1.165, 1.54) is 11.1 Å². The molecule has 4 N–H and O–H groups in total. The van der Waals surface area contributed by atoms with Crippen molar-refractivity contribution in [3.8, 4) is 0 Å². The second-order valence-electron chi connectivity index (χ2n) is 6.15. The molecule has 0 aliphatic carbocycles. The molecule has 0 bridgehead atoms. The summed E-state index contributed by atoms with van der Waals surface area (Å²) in [6, 6.07) is 13.6. The zero-order valence-electron chi connectivity index (χ0n) is 15.0. The first kappa shape index (κ1) is 19.1. The van der Waals surface area contributed by atoms with Crippen LogP contribution in [-0.2, 0) is 19.5 Å². The number of amides is 1. The van der Waals surface area contributed by atoms with Gasteiger partial charge in [0.15, 0.2) is 0 Å². The Hall–Kier alpha value is -2.21. The van der Waals surface area contributed by atoms with Gasteiger partial charge in [-0.1, -0.05) is 18.2 Å². The highest BCUT2D eigenvalue weighted by molar-refractivity contribution is 6.04. The van der Waals surface area contributed by atoms with E-state index >= 15 is 0 Å². The van der Waals surface area contributed by atoms with Gasteiger partial charge in [-0.15, -0.1) is 0 Å². The summed E-state index contributed by atoms with van der Waals surface area (Å²) >= 11 is 0. The Kier molecular flexibility index (Phi) is 7.13. The second-order valence-corrected chi connectivity index (χ2v) is 6.15. The van der Waals surface area contributed by atoms with Crippen LogP contribution in [-0.4, -0.2) is 36.1 Å². The van der Waals surface area contributed by atoms with E-state index < -0.39 is 0 Å². The van der Waals surface area contributed by atoms with Crippen molar-refractivity contribution >= 4 is 11.6 Å². The van der Waals surface area contributed by atoms with Crippen LogP contribution in [0.5, 0.6) is 0 Å². The molecular weight excluding hydrogens is 314 g/mol. The lowest BCUT2D eigenvalue weighted by Crippen LogP contribution is -2.26. The number of aliphatic hydroxyl groups is 1. The fourth-order valence-corrected chi connectivity index (χ4v) is 2.82. The van der Waals surface area contributed by atoms with Crippen LogP contribution in [0, 0.1) is 0 Å². The molecule has 1 aliphatic heterocycles. The highest BCUT2D eigenvalue weighted by Gasteiger charge is 2.14. The fourth-order valence-electron chi connectivity index (χ4n) is 2.82. The van der Waals surface area contributed by atoms with Crippen LogP contribution in [0.4, 0.5) is 5.69 Å². The highest BCUT2D eigenvalue weighted by atomic mass is 16.2. The molecule has 0 saturated carbocycles. The van der Waals surface area contributed by atoms with Gasteiger partial charge in [0.1, 0.15) is 0 Å². The van der Waals surface area contributed by atoms with Gasteiger partial charge >= 0.3 is 0 Å². The van der Waals surface area contributed by atoms with Gasteiger partial charge in [0.25, 0.3) is 5.91 Å². The first-order valence-electron chi connectivity index (χ1n) is 8.59. The van der Waals surface area contributed by atoms with Gasteiger partial charge in [0.05, 0.1) is 0 Å². The summed E-state index contributed by atoms with van der Waals surface area (Å²) < 4.78 is 0. The van der Waals surface area contributed by atoms with E-state index in [9.17, 15) is 4.79 Å². The number of anilines is 1. The zero-order chi connectivity index (χ0) is 18.2. The molecule has 2 aromatic rings. The number of fused-ring (bicyclic) bond motifs is 1. The Morgan fingerprint density at radius 3 is 2.72 bits per heavy atom. The van der Waals surface area contributed by atoms with Crippen LogP contribution in [0.3, 0.4) is 0 Å². The largest absolute Gasteiger partial charge is 0.397 e. The number of hydrogen-bond acceptors (Lipinski definition) is 4. The molecule has 1 amide bonds. The second kappa shape index (κ2) is 9.32. The summed E-state index contributed by atoms with van der Waals surface area (Å²) in [5.41, 5.74) is 10.7. The van der Waals surface area contributed by atoms with Gasteiger partial charge < -0.3 is 21.1 Å². The van der Waals surface area contributed by atoms with Crippen molar-refractivity contribution < 1.29 is 9.90 Å². The summed E-state index contributed by atoms with van der Waals surface area (Å²) in [5.74, 6) is -0.0978. The Labute approximate surface area is 149 Å². The Balaban J connectivity index is 0.000000701. The normalized spacial score (nSPS) is 13.4. The minimum atomic E-state index is -0.0978. The van der Waals surface area contributed by atoms with Crippen molar-refractivity contribution in [3.63, 3.8) is 0 Å². The molecule has 0 atom stereocenters. The van der Waals surface area contributed by atoms with Crippen molar-refractivity contribution in [1.29, 1.82) is 0 Å². The molecule has 0 saturated heterocycles. The molecule has 0 radical (unpaired) electrons. The molecule has 25 heavy (non-hydrogen) atoms. The number of hydrogen-bond donors (Lipinski definition) is 3. The average molecular weight is 341 g/mol. The van der Waals surface area contributed by atoms with E-state index in [1.54, 1.807) is 13.0 Å². The first-order valence-corrected chi connectivity index (χ1v) is 8.59. The number of nitrogens with one attached hydrogen (secondary N) is 1. The number of benzene rings is 2. The molecular formula is C20H27N3O2. The molecule has 3 rings (SSSR count). The van der Waals surface area contributed by atoms with Crippen LogP contribution >= 0.6 is 0 Å². The van der Waals surface area contributed by atoms with Crippen LogP contribution in [0.25, 0.3) is 0 Å². The van der Waals surface area contributed by atoms with E-state index in [0.717, 1.165) is 30.8 Å². The predicted molar refractivity (Wildman–Crippen MR) is 102 cm³/mol. The van der Waals surface area contributed by atoms with E-state index in [4.69, 9.17) is 10.8 Å². The number of aliphatic hydroxyl groups excluding tert-OH is 1. The maximum atomic E-state index is 12.4. The first-order chi connectivity index (χ1) is 12.1. The van der Waals surface area contributed by atoms with Gasteiger partial charge in [-0.2, -0.15) is 0 Å². The average Bonchev–Trinajstić information content (AvgIpc) is 2.62. The summed E-state index contributed by atoms with van der Waals surface area (Å²) in [5, 5.41) is 10.5. The molecule has 5 heteroatoms. The van der Waals surface area contributed by atoms with E-state index in [-0.39, 0.29) is 12.5 Å². The maximum Gasteiger partial charge on any atom is 0.255 e. The van der Waals surface area contributed by atoms with Crippen LogP contribution < -0.4 is 11.1 Å². The van der Waals surface area contributed by atoms with E-state index in [1.807, 2.05) is 24.3 Å². The molecule has 1 heterocycles.